The van der Waals surface area contributed by atoms with Gasteiger partial charge in [0.25, 0.3) is 5.56 Å². The molecule has 0 amide bonds. The predicted octanol–water partition coefficient (Wildman–Crippen LogP) is 2.39. The molecular weight excluding hydrogens is 332 g/mol. The predicted molar refractivity (Wildman–Crippen MR) is 100 cm³/mol. The molecule has 0 fully saturated rings. The minimum atomic E-state index is -0.581. The molecule has 26 heavy (non-hydrogen) atoms. The number of aromatic nitrogens is 3. The van der Waals surface area contributed by atoms with Crippen molar-refractivity contribution >= 4 is 23.0 Å². The van der Waals surface area contributed by atoms with Gasteiger partial charge < -0.3 is 15.0 Å². The molecule has 0 spiro atoms. The first kappa shape index (κ1) is 17.7. The molecule has 3 aromatic rings. The third kappa shape index (κ3) is 3.46. The molecule has 0 radical (unpaired) electrons. The van der Waals surface area contributed by atoms with Gasteiger partial charge in [0.05, 0.1) is 10.9 Å². The minimum absolute atomic E-state index is 0.0735. The maximum absolute atomic E-state index is 12.5. The lowest BCUT2D eigenvalue weighted by molar-refractivity contribution is 0.00685. The zero-order chi connectivity index (χ0) is 19.1. The van der Waals surface area contributed by atoms with Gasteiger partial charge in [0.1, 0.15) is 11.2 Å². The van der Waals surface area contributed by atoms with E-state index in [-0.39, 0.29) is 17.5 Å². The number of rotatable bonds is 3. The zero-order valence-electron chi connectivity index (χ0n) is 15.3. The van der Waals surface area contributed by atoms with E-state index in [1.165, 1.54) is 0 Å². The highest BCUT2D eigenvalue weighted by Gasteiger charge is 2.21. The van der Waals surface area contributed by atoms with Crippen LogP contribution in [0.2, 0.25) is 0 Å². The van der Waals surface area contributed by atoms with Gasteiger partial charge in [-0.25, -0.2) is 4.79 Å². The van der Waals surface area contributed by atoms with Gasteiger partial charge in [-0.1, -0.05) is 18.2 Å². The SMILES string of the molecule is Cn1cc(Cc2ccccc2C(=O)OC(C)(C)C)c2c(=O)[nH]c(N)nc21. The van der Waals surface area contributed by atoms with Gasteiger partial charge in [0, 0.05) is 19.7 Å². The number of nitrogens with zero attached hydrogens (tertiary/aromatic N) is 2. The van der Waals surface area contributed by atoms with Crippen molar-refractivity contribution < 1.29 is 9.53 Å². The van der Waals surface area contributed by atoms with Crippen molar-refractivity contribution in [3.05, 3.63) is 57.5 Å². The molecule has 3 N–H and O–H groups in total. The van der Waals surface area contributed by atoms with Crippen molar-refractivity contribution in [3.8, 4) is 0 Å². The van der Waals surface area contributed by atoms with Gasteiger partial charge in [-0.15, -0.1) is 0 Å². The topological polar surface area (TPSA) is 103 Å². The highest BCUT2D eigenvalue weighted by atomic mass is 16.6. The molecule has 0 saturated heterocycles. The van der Waals surface area contributed by atoms with Gasteiger partial charge in [0.2, 0.25) is 5.95 Å². The van der Waals surface area contributed by atoms with Crippen LogP contribution >= 0.6 is 0 Å². The van der Waals surface area contributed by atoms with Crippen LogP contribution in [0.25, 0.3) is 11.0 Å². The molecule has 2 heterocycles. The van der Waals surface area contributed by atoms with Gasteiger partial charge in [-0.3, -0.25) is 9.78 Å². The van der Waals surface area contributed by atoms with Crippen molar-refractivity contribution in [1.29, 1.82) is 0 Å². The number of nitrogen functional groups attached to an aromatic ring is 1. The fourth-order valence-electron chi connectivity index (χ4n) is 2.93. The number of benzene rings is 1. The van der Waals surface area contributed by atoms with E-state index < -0.39 is 5.60 Å². The molecule has 0 saturated carbocycles. The van der Waals surface area contributed by atoms with Crippen molar-refractivity contribution in [3.63, 3.8) is 0 Å². The molecular formula is C19H22N4O3. The number of carbonyl (C=O) groups is 1. The van der Waals surface area contributed by atoms with E-state index >= 15 is 0 Å². The van der Waals surface area contributed by atoms with Crippen molar-refractivity contribution in [2.45, 2.75) is 32.8 Å². The number of nitrogens with one attached hydrogen (secondary N) is 1. The van der Waals surface area contributed by atoms with E-state index in [0.29, 0.717) is 23.0 Å². The van der Waals surface area contributed by atoms with E-state index in [1.807, 2.05) is 39.1 Å². The molecule has 0 bridgehead atoms. The molecule has 2 aromatic heterocycles. The number of H-pyrrole nitrogens is 1. The Kier molecular flexibility index (Phi) is 4.31. The summed E-state index contributed by atoms with van der Waals surface area (Å²) in [6.45, 7) is 5.48. The average molecular weight is 354 g/mol. The maximum atomic E-state index is 12.5. The second kappa shape index (κ2) is 6.33. The maximum Gasteiger partial charge on any atom is 0.338 e. The molecule has 0 unspecified atom stereocenters. The number of hydrogen-bond acceptors (Lipinski definition) is 5. The van der Waals surface area contributed by atoms with Crippen LogP contribution in [0.3, 0.4) is 0 Å². The van der Waals surface area contributed by atoms with E-state index in [1.54, 1.807) is 23.7 Å². The Hall–Kier alpha value is -3.09. The first-order valence-corrected chi connectivity index (χ1v) is 8.30. The number of aromatic amines is 1. The summed E-state index contributed by atoms with van der Waals surface area (Å²) >= 11 is 0. The van der Waals surface area contributed by atoms with E-state index in [2.05, 4.69) is 9.97 Å². The smallest absolute Gasteiger partial charge is 0.338 e. The van der Waals surface area contributed by atoms with Crippen LogP contribution < -0.4 is 11.3 Å². The second-order valence-electron chi connectivity index (χ2n) is 7.25. The Morgan fingerprint density at radius 1 is 1.27 bits per heavy atom. The minimum Gasteiger partial charge on any atom is -0.456 e. The fraction of sp³-hybridized carbons (Fsp3) is 0.316. The van der Waals surface area contributed by atoms with Gasteiger partial charge in [0.15, 0.2) is 0 Å². The molecule has 1 aromatic carbocycles. The molecule has 0 aliphatic rings. The van der Waals surface area contributed by atoms with Crippen LogP contribution in [-0.2, 0) is 18.2 Å². The lowest BCUT2D eigenvalue weighted by Gasteiger charge is -2.20. The number of nitrogens with two attached hydrogens (primary N) is 1. The first-order chi connectivity index (χ1) is 12.2. The Labute approximate surface area is 150 Å². The van der Waals surface area contributed by atoms with Crippen LogP contribution in [0.1, 0.15) is 42.3 Å². The summed E-state index contributed by atoms with van der Waals surface area (Å²) in [7, 11) is 1.80. The quantitative estimate of drug-likeness (QED) is 0.703. The van der Waals surface area contributed by atoms with Crippen LogP contribution in [-0.4, -0.2) is 26.1 Å². The van der Waals surface area contributed by atoms with Gasteiger partial charge >= 0.3 is 5.97 Å². The first-order valence-electron chi connectivity index (χ1n) is 8.30. The fourth-order valence-corrected chi connectivity index (χ4v) is 2.93. The lowest BCUT2D eigenvalue weighted by atomic mass is 10.00. The highest BCUT2D eigenvalue weighted by Crippen LogP contribution is 2.22. The number of anilines is 1. The molecule has 7 nitrogen and oxygen atoms in total. The van der Waals surface area contributed by atoms with Crippen molar-refractivity contribution in [2.75, 3.05) is 5.73 Å². The monoisotopic (exact) mass is 354 g/mol. The molecule has 0 aliphatic heterocycles. The number of fused-ring (bicyclic) bond motifs is 1. The van der Waals surface area contributed by atoms with Crippen LogP contribution in [0, 0.1) is 0 Å². The number of ether oxygens (including phenoxy) is 1. The third-order valence-electron chi connectivity index (χ3n) is 3.94. The Bertz CT molecular complexity index is 1040. The Balaban J connectivity index is 2.05. The summed E-state index contributed by atoms with van der Waals surface area (Å²) in [5.74, 6) is -0.311. The van der Waals surface area contributed by atoms with Gasteiger partial charge in [-0.05, 0) is 38.0 Å². The van der Waals surface area contributed by atoms with E-state index in [0.717, 1.165) is 11.1 Å². The summed E-state index contributed by atoms with van der Waals surface area (Å²) in [5.41, 5.74) is 7.31. The van der Waals surface area contributed by atoms with Crippen LogP contribution in [0.15, 0.2) is 35.3 Å². The molecule has 7 heteroatoms. The third-order valence-corrected chi connectivity index (χ3v) is 3.94. The summed E-state index contributed by atoms with van der Waals surface area (Å²) < 4.78 is 7.25. The average Bonchev–Trinajstić information content (AvgIpc) is 2.82. The van der Waals surface area contributed by atoms with Gasteiger partial charge in [-0.2, -0.15) is 4.98 Å². The van der Waals surface area contributed by atoms with Crippen LogP contribution in [0.4, 0.5) is 5.95 Å². The number of aryl methyl sites for hydroxylation is 1. The summed E-state index contributed by atoms with van der Waals surface area (Å²) in [6.07, 6.45) is 2.24. The summed E-state index contributed by atoms with van der Waals surface area (Å²) in [4.78, 5) is 31.6. The Morgan fingerprint density at radius 2 is 1.96 bits per heavy atom. The number of carbonyl (C=O) groups excluding carboxylic acids is 1. The lowest BCUT2D eigenvalue weighted by Crippen LogP contribution is -2.24. The second-order valence-corrected chi connectivity index (χ2v) is 7.25. The van der Waals surface area contributed by atoms with E-state index in [9.17, 15) is 9.59 Å². The molecule has 0 aliphatic carbocycles. The zero-order valence-corrected chi connectivity index (χ0v) is 15.3. The molecule has 0 atom stereocenters. The van der Waals surface area contributed by atoms with Crippen LogP contribution in [0.5, 0.6) is 0 Å². The largest absolute Gasteiger partial charge is 0.456 e. The standard InChI is InChI=1S/C19H22N4O3/c1-19(2,3)26-17(25)13-8-6-5-7-11(13)9-12-10-23(4)15-14(12)16(24)22-18(20)21-15/h5-8,10H,9H2,1-4H3,(H3,20,21,22,24). The molecule has 3 rings (SSSR count). The molecule has 136 valence electrons. The summed E-state index contributed by atoms with van der Waals surface area (Å²) in [5, 5.41) is 0.473. The summed E-state index contributed by atoms with van der Waals surface area (Å²) in [6, 6.07) is 7.24. The Morgan fingerprint density at radius 3 is 2.65 bits per heavy atom. The number of hydrogen-bond donors (Lipinski definition) is 2. The van der Waals surface area contributed by atoms with E-state index in [4.69, 9.17) is 10.5 Å². The van der Waals surface area contributed by atoms with Crippen molar-refractivity contribution in [2.24, 2.45) is 7.05 Å². The highest BCUT2D eigenvalue weighted by molar-refractivity contribution is 5.92. The normalized spacial score (nSPS) is 11.7. The van der Waals surface area contributed by atoms with Crippen molar-refractivity contribution in [1.82, 2.24) is 14.5 Å². The number of esters is 1.